The smallest absolute Gasteiger partial charge is 0.263 e. The van der Waals surface area contributed by atoms with Gasteiger partial charge in [-0.05, 0) is 42.0 Å². The fourth-order valence-electron chi connectivity index (χ4n) is 2.30. The third-order valence-electron chi connectivity index (χ3n) is 3.50. The zero-order valence-corrected chi connectivity index (χ0v) is 14.3. The summed E-state index contributed by atoms with van der Waals surface area (Å²) in [5, 5.41) is 0.491. The molecule has 0 aliphatic heterocycles. The maximum absolute atomic E-state index is 13.1. The number of aromatic nitrogens is 1. The lowest BCUT2D eigenvalue weighted by Gasteiger charge is -2.24. The topological polar surface area (TPSA) is 50.3 Å². The van der Waals surface area contributed by atoms with Crippen LogP contribution in [0.5, 0.6) is 0 Å². The highest BCUT2D eigenvalue weighted by Crippen LogP contribution is 2.26. The van der Waals surface area contributed by atoms with Gasteiger partial charge in [0.05, 0.1) is 23.3 Å². The Labute approximate surface area is 146 Å². The van der Waals surface area contributed by atoms with Gasteiger partial charge in [-0.25, -0.2) is 8.42 Å². The minimum atomic E-state index is -3.73. The molecule has 0 amide bonds. The van der Waals surface area contributed by atoms with Crippen LogP contribution in [0.1, 0.15) is 5.56 Å². The number of pyridine rings is 1. The third-order valence-corrected chi connectivity index (χ3v) is 5.54. The van der Waals surface area contributed by atoms with E-state index in [1.165, 1.54) is 22.6 Å². The van der Waals surface area contributed by atoms with Crippen LogP contribution in [0, 0.1) is 0 Å². The molecule has 1 heterocycles. The average molecular weight is 359 g/mol. The Balaban J connectivity index is 2.05. The van der Waals surface area contributed by atoms with Gasteiger partial charge in [-0.15, -0.1) is 0 Å². The lowest BCUT2D eigenvalue weighted by molar-refractivity contribution is 0.590. The largest absolute Gasteiger partial charge is 0.264 e. The predicted octanol–water partition coefficient (Wildman–Crippen LogP) is 4.13. The fourth-order valence-corrected chi connectivity index (χ4v) is 3.86. The van der Waals surface area contributed by atoms with E-state index in [-0.39, 0.29) is 11.4 Å². The summed E-state index contributed by atoms with van der Waals surface area (Å²) in [6.45, 7) is 0.220. The first kappa shape index (κ1) is 16.5. The molecule has 0 aliphatic carbocycles. The van der Waals surface area contributed by atoms with E-state index in [1.54, 1.807) is 30.5 Å². The van der Waals surface area contributed by atoms with Crippen LogP contribution in [0.15, 0.2) is 84.0 Å². The van der Waals surface area contributed by atoms with E-state index < -0.39 is 10.0 Å². The van der Waals surface area contributed by atoms with Crippen molar-refractivity contribution in [1.29, 1.82) is 0 Å². The molecular weight excluding hydrogens is 344 g/mol. The van der Waals surface area contributed by atoms with Crippen LogP contribution in [-0.2, 0) is 16.6 Å². The number of benzene rings is 2. The molecule has 4 nitrogen and oxygen atoms in total. The molecule has 0 aliphatic rings. The van der Waals surface area contributed by atoms with E-state index in [0.29, 0.717) is 10.7 Å². The van der Waals surface area contributed by atoms with E-state index in [2.05, 4.69) is 4.98 Å². The minimum Gasteiger partial charge on any atom is -0.263 e. The molecular formula is C18H15ClN2O2S. The standard InChI is InChI=1S/C18H15ClN2O2S/c19-16-8-10-18(11-9-16)24(22,23)21(17-7-4-12-20-13-17)14-15-5-2-1-3-6-15/h1-13H,14H2. The molecule has 0 bridgehead atoms. The summed E-state index contributed by atoms with van der Waals surface area (Å²) in [5.41, 5.74) is 1.40. The van der Waals surface area contributed by atoms with Gasteiger partial charge in [0.15, 0.2) is 0 Å². The van der Waals surface area contributed by atoms with Crippen molar-refractivity contribution in [3.8, 4) is 0 Å². The Hall–Kier alpha value is -2.37. The second-order valence-electron chi connectivity index (χ2n) is 5.16. The van der Waals surface area contributed by atoms with Crippen molar-refractivity contribution in [3.05, 3.63) is 89.7 Å². The molecule has 2 aromatic carbocycles. The molecule has 0 spiro atoms. The summed E-state index contributed by atoms with van der Waals surface area (Å²) < 4.78 is 27.6. The quantitative estimate of drug-likeness (QED) is 0.689. The van der Waals surface area contributed by atoms with Crippen LogP contribution in [0.4, 0.5) is 5.69 Å². The molecule has 0 fully saturated rings. The molecule has 1 aromatic heterocycles. The molecule has 3 rings (SSSR count). The maximum atomic E-state index is 13.1. The fraction of sp³-hybridized carbons (Fsp3) is 0.0556. The summed E-state index contributed by atoms with van der Waals surface area (Å²) in [5.74, 6) is 0. The summed E-state index contributed by atoms with van der Waals surface area (Å²) in [6.07, 6.45) is 3.15. The number of halogens is 1. The lowest BCUT2D eigenvalue weighted by atomic mass is 10.2. The number of hydrogen-bond donors (Lipinski definition) is 0. The van der Waals surface area contributed by atoms with Crippen molar-refractivity contribution in [3.63, 3.8) is 0 Å². The average Bonchev–Trinajstić information content (AvgIpc) is 2.61. The molecule has 3 aromatic rings. The van der Waals surface area contributed by atoms with E-state index in [9.17, 15) is 8.42 Å². The first-order chi connectivity index (χ1) is 11.6. The number of anilines is 1. The number of sulfonamides is 1. The van der Waals surface area contributed by atoms with E-state index >= 15 is 0 Å². The van der Waals surface area contributed by atoms with Crippen molar-refractivity contribution in [2.24, 2.45) is 0 Å². The van der Waals surface area contributed by atoms with Crippen LogP contribution < -0.4 is 4.31 Å². The van der Waals surface area contributed by atoms with Crippen LogP contribution in [0.3, 0.4) is 0 Å². The molecule has 0 saturated carbocycles. The van der Waals surface area contributed by atoms with Gasteiger partial charge in [0.25, 0.3) is 10.0 Å². The highest BCUT2D eigenvalue weighted by atomic mass is 35.5. The minimum absolute atomic E-state index is 0.187. The number of hydrogen-bond acceptors (Lipinski definition) is 3. The molecule has 24 heavy (non-hydrogen) atoms. The first-order valence-electron chi connectivity index (χ1n) is 7.29. The highest BCUT2D eigenvalue weighted by Gasteiger charge is 2.25. The number of nitrogens with zero attached hydrogens (tertiary/aromatic N) is 2. The molecule has 0 atom stereocenters. The zero-order valence-electron chi connectivity index (χ0n) is 12.7. The van der Waals surface area contributed by atoms with Crippen molar-refractivity contribution in [2.45, 2.75) is 11.4 Å². The molecule has 6 heteroatoms. The van der Waals surface area contributed by atoms with Crippen LogP contribution in [0.2, 0.25) is 5.02 Å². The monoisotopic (exact) mass is 358 g/mol. The predicted molar refractivity (Wildman–Crippen MR) is 95.5 cm³/mol. The van der Waals surface area contributed by atoms with Gasteiger partial charge < -0.3 is 0 Å². The van der Waals surface area contributed by atoms with E-state index in [1.807, 2.05) is 30.3 Å². The van der Waals surface area contributed by atoms with Gasteiger partial charge in [0.2, 0.25) is 0 Å². The van der Waals surface area contributed by atoms with Crippen LogP contribution >= 0.6 is 11.6 Å². The van der Waals surface area contributed by atoms with Gasteiger partial charge in [-0.2, -0.15) is 0 Å². The molecule has 0 N–H and O–H groups in total. The SMILES string of the molecule is O=S(=O)(c1ccc(Cl)cc1)N(Cc1ccccc1)c1cccnc1. The summed E-state index contributed by atoms with van der Waals surface area (Å²) in [4.78, 5) is 4.23. The summed E-state index contributed by atoms with van der Waals surface area (Å²) in [7, 11) is -3.73. The second-order valence-corrected chi connectivity index (χ2v) is 7.46. The van der Waals surface area contributed by atoms with Crippen LogP contribution in [0.25, 0.3) is 0 Å². The van der Waals surface area contributed by atoms with Crippen LogP contribution in [-0.4, -0.2) is 13.4 Å². The van der Waals surface area contributed by atoms with Crippen molar-refractivity contribution >= 4 is 27.3 Å². The van der Waals surface area contributed by atoms with Crippen molar-refractivity contribution < 1.29 is 8.42 Å². The second kappa shape index (κ2) is 7.03. The Morgan fingerprint density at radius 1 is 0.917 bits per heavy atom. The van der Waals surface area contributed by atoms with Gasteiger partial charge in [0.1, 0.15) is 0 Å². The maximum Gasteiger partial charge on any atom is 0.264 e. The molecule has 0 saturated heterocycles. The van der Waals surface area contributed by atoms with E-state index in [0.717, 1.165) is 5.56 Å². The van der Waals surface area contributed by atoms with Gasteiger partial charge >= 0.3 is 0 Å². The third kappa shape index (κ3) is 3.58. The van der Waals surface area contributed by atoms with E-state index in [4.69, 9.17) is 11.6 Å². The Morgan fingerprint density at radius 2 is 1.62 bits per heavy atom. The summed E-state index contributed by atoms with van der Waals surface area (Å²) >= 11 is 5.87. The van der Waals surface area contributed by atoms with Crippen molar-refractivity contribution in [1.82, 2.24) is 4.98 Å². The Morgan fingerprint density at radius 3 is 2.25 bits per heavy atom. The zero-order chi connectivity index (χ0) is 17.0. The highest BCUT2D eigenvalue weighted by molar-refractivity contribution is 7.92. The normalized spacial score (nSPS) is 11.2. The van der Waals surface area contributed by atoms with Crippen molar-refractivity contribution in [2.75, 3.05) is 4.31 Å². The molecule has 0 radical (unpaired) electrons. The first-order valence-corrected chi connectivity index (χ1v) is 9.11. The molecule has 0 unspecified atom stereocenters. The van der Waals surface area contributed by atoms with Gasteiger partial charge in [0, 0.05) is 11.2 Å². The summed E-state index contributed by atoms with van der Waals surface area (Å²) in [6, 6.07) is 19.0. The van der Waals surface area contributed by atoms with Gasteiger partial charge in [-0.1, -0.05) is 41.9 Å². The molecule has 122 valence electrons. The Bertz CT molecular complexity index is 899. The Kier molecular flexibility index (Phi) is 4.83. The van der Waals surface area contributed by atoms with Gasteiger partial charge in [-0.3, -0.25) is 9.29 Å². The number of rotatable bonds is 5. The lowest BCUT2D eigenvalue weighted by Crippen LogP contribution is -2.30.